The zero-order valence-electron chi connectivity index (χ0n) is 17.8. The number of carbonyl (C=O) groups is 2. The molecule has 0 saturated carbocycles. The number of hydrogen-bond donors (Lipinski definition) is 2. The number of alkyl carbamates (subject to hydrolysis) is 1. The van der Waals surface area contributed by atoms with Crippen molar-refractivity contribution in [2.75, 3.05) is 19.8 Å². The van der Waals surface area contributed by atoms with Crippen LogP contribution in [0.5, 0.6) is 11.5 Å². The van der Waals surface area contributed by atoms with E-state index < -0.39 is 18.1 Å². The summed E-state index contributed by atoms with van der Waals surface area (Å²) in [6, 6.07) is 20.5. The number of amides is 1. The van der Waals surface area contributed by atoms with Crippen molar-refractivity contribution in [1.82, 2.24) is 5.32 Å². The molecule has 168 valence electrons. The summed E-state index contributed by atoms with van der Waals surface area (Å²) in [6.07, 6.45) is -0.956. The molecule has 1 atom stereocenters. The van der Waals surface area contributed by atoms with Crippen LogP contribution in [0.2, 0.25) is 0 Å². The van der Waals surface area contributed by atoms with Crippen molar-refractivity contribution in [2.24, 2.45) is 0 Å². The van der Waals surface area contributed by atoms with E-state index in [2.05, 4.69) is 17.4 Å². The Balaban J connectivity index is 1.31. The van der Waals surface area contributed by atoms with Gasteiger partial charge in [0.1, 0.15) is 19.8 Å². The number of rotatable bonds is 6. The van der Waals surface area contributed by atoms with Gasteiger partial charge in [-0.2, -0.15) is 0 Å². The number of carboxylic acid groups (broad SMARTS) is 1. The van der Waals surface area contributed by atoms with Crippen molar-refractivity contribution >= 4 is 12.1 Å². The molecule has 2 aliphatic rings. The molecule has 7 nitrogen and oxygen atoms in total. The number of carboxylic acids is 1. The summed E-state index contributed by atoms with van der Waals surface area (Å²) in [6.45, 7) is 1.03. The van der Waals surface area contributed by atoms with Gasteiger partial charge >= 0.3 is 12.1 Å². The van der Waals surface area contributed by atoms with Gasteiger partial charge in [-0.25, -0.2) is 4.79 Å². The Morgan fingerprint density at radius 2 is 1.58 bits per heavy atom. The highest BCUT2D eigenvalue weighted by Crippen LogP contribution is 2.44. The standard InChI is InChI=1S/C26H23NO6/c28-25(29)14-22(16-9-10-23-24(13-16)32-12-11-31-23)27-26(30)33-15-21-19-7-3-1-5-17(19)18-6-2-4-8-20(18)21/h1-10,13,21-22H,11-12,14-15H2,(H,27,30)(H,28,29)/t22-/m1/s1. The number of aliphatic carboxylic acids is 1. The van der Waals surface area contributed by atoms with Crippen LogP contribution in [0.25, 0.3) is 11.1 Å². The lowest BCUT2D eigenvalue weighted by molar-refractivity contribution is -0.137. The Kier molecular flexibility index (Phi) is 5.60. The predicted octanol–water partition coefficient (Wildman–Crippen LogP) is 4.51. The maximum absolute atomic E-state index is 12.7. The van der Waals surface area contributed by atoms with E-state index in [4.69, 9.17) is 14.2 Å². The van der Waals surface area contributed by atoms with Gasteiger partial charge in [0, 0.05) is 5.92 Å². The largest absolute Gasteiger partial charge is 0.486 e. The molecule has 0 radical (unpaired) electrons. The fourth-order valence-electron chi connectivity index (χ4n) is 4.49. The van der Waals surface area contributed by atoms with Crippen molar-refractivity contribution in [1.29, 1.82) is 0 Å². The molecule has 5 rings (SSSR count). The van der Waals surface area contributed by atoms with Gasteiger partial charge in [-0.05, 0) is 39.9 Å². The van der Waals surface area contributed by atoms with Gasteiger partial charge in [0.05, 0.1) is 12.5 Å². The average molecular weight is 445 g/mol. The molecule has 1 aliphatic carbocycles. The molecular weight excluding hydrogens is 422 g/mol. The van der Waals surface area contributed by atoms with Gasteiger partial charge in [0.15, 0.2) is 11.5 Å². The summed E-state index contributed by atoms with van der Waals surface area (Å²) in [5, 5.41) is 12.1. The maximum atomic E-state index is 12.7. The predicted molar refractivity (Wildman–Crippen MR) is 121 cm³/mol. The zero-order valence-corrected chi connectivity index (χ0v) is 17.8. The second kappa shape index (κ2) is 8.86. The second-order valence-corrected chi connectivity index (χ2v) is 8.02. The first-order valence-electron chi connectivity index (χ1n) is 10.8. The Hall–Kier alpha value is -4.00. The minimum absolute atomic E-state index is 0.0737. The molecule has 33 heavy (non-hydrogen) atoms. The first-order valence-corrected chi connectivity index (χ1v) is 10.8. The van der Waals surface area contributed by atoms with E-state index in [0.29, 0.717) is 30.3 Å². The summed E-state index contributed by atoms with van der Waals surface area (Å²) in [5.74, 6) is 0.0212. The van der Waals surface area contributed by atoms with Crippen LogP contribution < -0.4 is 14.8 Å². The van der Waals surface area contributed by atoms with Crippen LogP contribution >= 0.6 is 0 Å². The second-order valence-electron chi connectivity index (χ2n) is 8.02. The molecule has 2 N–H and O–H groups in total. The fraction of sp³-hybridized carbons (Fsp3) is 0.231. The summed E-state index contributed by atoms with van der Waals surface area (Å²) >= 11 is 0. The van der Waals surface area contributed by atoms with Gasteiger partial charge in [-0.1, -0.05) is 54.6 Å². The quantitative estimate of drug-likeness (QED) is 0.580. The van der Waals surface area contributed by atoms with Gasteiger partial charge in [-0.15, -0.1) is 0 Å². The highest BCUT2D eigenvalue weighted by molar-refractivity contribution is 5.79. The van der Waals surface area contributed by atoms with Crippen LogP contribution in [-0.4, -0.2) is 37.0 Å². The van der Waals surface area contributed by atoms with E-state index >= 15 is 0 Å². The fourth-order valence-corrected chi connectivity index (χ4v) is 4.49. The smallest absolute Gasteiger partial charge is 0.407 e. The van der Waals surface area contributed by atoms with E-state index in [1.54, 1.807) is 18.2 Å². The molecule has 3 aromatic rings. The number of benzene rings is 3. The van der Waals surface area contributed by atoms with Gasteiger partial charge in [0.25, 0.3) is 0 Å². The highest BCUT2D eigenvalue weighted by Gasteiger charge is 2.29. The summed E-state index contributed by atoms with van der Waals surface area (Å²) in [4.78, 5) is 24.1. The maximum Gasteiger partial charge on any atom is 0.407 e. The Morgan fingerprint density at radius 1 is 0.939 bits per heavy atom. The van der Waals surface area contributed by atoms with E-state index in [1.807, 2.05) is 36.4 Å². The third-order valence-corrected chi connectivity index (χ3v) is 5.98. The highest BCUT2D eigenvalue weighted by atomic mass is 16.6. The number of ether oxygens (including phenoxy) is 3. The van der Waals surface area contributed by atoms with Gasteiger partial charge in [0.2, 0.25) is 0 Å². The number of carbonyl (C=O) groups excluding carboxylic acids is 1. The molecule has 0 unspecified atom stereocenters. The molecule has 1 heterocycles. The average Bonchev–Trinajstić information content (AvgIpc) is 3.15. The molecule has 3 aromatic carbocycles. The minimum atomic E-state index is -1.03. The van der Waals surface area contributed by atoms with Crippen molar-refractivity contribution in [3.8, 4) is 22.6 Å². The lowest BCUT2D eigenvalue weighted by Crippen LogP contribution is -2.31. The summed E-state index contributed by atoms with van der Waals surface area (Å²) < 4.78 is 16.7. The van der Waals surface area contributed by atoms with Crippen LogP contribution in [0.4, 0.5) is 4.79 Å². The van der Waals surface area contributed by atoms with Crippen LogP contribution in [0, 0.1) is 0 Å². The minimum Gasteiger partial charge on any atom is -0.486 e. The Labute approximate surface area is 190 Å². The lowest BCUT2D eigenvalue weighted by Gasteiger charge is -2.22. The van der Waals surface area contributed by atoms with E-state index in [-0.39, 0.29) is 18.9 Å². The number of hydrogen-bond acceptors (Lipinski definition) is 5. The van der Waals surface area contributed by atoms with Crippen molar-refractivity contribution in [2.45, 2.75) is 18.4 Å². The van der Waals surface area contributed by atoms with Gasteiger partial charge in [-0.3, -0.25) is 4.79 Å². The molecule has 7 heteroatoms. The first-order chi connectivity index (χ1) is 16.1. The van der Waals surface area contributed by atoms with Gasteiger partial charge < -0.3 is 24.6 Å². The molecule has 0 spiro atoms. The zero-order chi connectivity index (χ0) is 22.8. The number of nitrogens with one attached hydrogen (secondary N) is 1. The first kappa shape index (κ1) is 20.9. The van der Waals surface area contributed by atoms with Crippen LogP contribution in [0.3, 0.4) is 0 Å². The third-order valence-electron chi connectivity index (χ3n) is 5.98. The molecule has 0 saturated heterocycles. The molecule has 0 fully saturated rings. The SMILES string of the molecule is O=C(O)C[C@@H](NC(=O)OCC1c2ccccc2-c2ccccc21)c1ccc2c(c1)OCCO2. The number of fused-ring (bicyclic) bond motifs is 4. The molecule has 0 bridgehead atoms. The third kappa shape index (κ3) is 4.22. The summed E-state index contributed by atoms with van der Waals surface area (Å²) in [7, 11) is 0. The Bertz CT molecular complexity index is 1160. The monoisotopic (exact) mass is 445 g/mol. The van der Waals surface area contributed by atoms with E-state index in [0.717, 1.165) is 22.3 Å². The van der Waals surface area contributed by atoms with Crippen LogP contribution in [-0.2, 0) is 9.53 Å². The summed E-state index contributed by atoms with van der Waals surface area (Å²) in [5.41, 5.74) is 5.11. The molecular formula is C26H23NO6. The van der Waals surface area contributed by atoms with Crippen molar-refractivity contribution in [3.05, 3.63) is 83.4 Å². The lowest BCUT2D eigenvalue weighted by atomic mass is 9.98. The van der Waals surface area contributed by atoms with Crippen LogP contribution in [0.1, 0.15) is 35.1 Å². The molecule has 1 amide bonds. The van der Waals surface area contributed by atoms with Crippen molar-refractivity contribution < 1.29 is 28.9 Å². The molecule has 0 aromatic heterocycles. The van der Waals surface area contributed by atoms with E-state index in [1.165, 1.54) is 0 Å². The Morgan fingerprint density at radius 3 is 2.24 bits per heavy atom. The molecule has 1 aliphatic heterocycles. The van der Waals surface area contributed by atoms with E-state index in [9.17, 15) is 14.7 Å². The topological polar surface area (TPSA) is 94.1 Å². The van der Waals surface area contributed by atoms with Crippen LogP contribution in [0.15, 0.2) is 66.7 Å². The normalized spacial score (nSPS) is 14.7. The van der Waals surface area contributed by atoms with Crippen molar-refractivity contribution in [3.63, 3.8) is 0 Å².